The smallest absolute Gasteiger partial charge is 0.339 e. The Kier molecular flexibility index (Phi) is 5.58. The van der Waals surface area contributed by atoms with Crippen LogP contribution in [0.2, 0.25) is 0 Å². The summed E-state index contributed by atoms with van der Waals surface area (Å²) < 4.78 is 29.5. The van der Waals surface area contributed by atoms with Crippen LogP contribution in [0, 0.1) is 6.92 Å². The second-order valence-corrected chi connectivity index (χ2v) is 7.10. The van der Waals surface area contributed by atoms with E-state index in [2.05, 4.69) is 0 Å². The van der Waals surface area contributed by atoms with Crippen LogP contribution in [0.3, 0.4) is 0 Å². The molecule has 24 heavy (non-hydrogen) atoms. The van der Waals surface area contributed by atoms with Gasteiger partial charge in [0.2, 0.25) is 0 Å². The molecule has 2 aromatic carbocycles. The molecular weight excluding hydrogens is 330 g/mol. The Balaban J connectivity index is 2.05. The summed E-state index contributed by atoms with van der Waals surface area (Å²) in [6.45, 7) is 1.87. The lowest BCUT2D eigenvalue weighted by atomic mass is 10.0. The van der Waals surface area contributed by atoms with Crippen molar-refractivity contribution in [3.05, 3.63) is 59.7 Å². The molecule has 2 rings (SSSR count). The monoisotopic (exact) mass is 349 g/mol. The predicted octanol–water partition coefficient (Wildman–Crippen LogP) is 2.11. The number of aryl methyl sites for hydroxylation is 1. The Morgan fingerprint density at radius 2 is 1.71 bits per heavy atom. The molecule has 0 spiro atoms. The first-order chi connectivity index (χ1) is 11.3. The third-order valence-electron chi connectivity index (χ3n) is 3.37. The highest BCUT2D eigenvalue weighted by atomic mass is 32.2. The zero-order valence-electron chi connectivity index (χ0n) is 13.2. The normalized spacial score (nSPS) is 12.6. The van der Waals surface area contributed by atoms with E-state index in [0.717, 1.165) is 11.1 Å². The first-order valence-corrected chi connectivity index (χ1v) is 8.74. The summed E-state index contributed by atoms with van der Waals surface area (Å²) >= 11 is 0. The molecule has 1 unspecified atom stereocenters. The van der Waals surface area contributed by atoms with Crippen LogP contribution in [-0.4, -0.2) is 25.5 Å². The van der Waals surface area contributed by atoms with Crippen molar-refractivity contribution in [3.63, 3.8) is 0 Å². The number of rotatable bonds is 7. The molecule has 6 nitrogen and oxygen atoms in total. The molecule has 0 aliphatic heterocycles. The van der Waals surface area contributed by atoms with Gasteiger partial charge in [0.05, 0.1) is 6.42 Å². The Labute approximate surface area is 141 Å². The van der Waals surface area contributed by atoms with Crippen molar-refractivity contribution in [2.75, 3.05) is 0 Å². The minimum absolute atomic E-state index is 0.0839. The number of carboxylic acid groups (broad SMARTS) is 1. The Morgan fingerprint density at radius 1 is 1.12 bits per heavy atom. The molecule has 7 heteroatoms. The lowest BCUT2D eigenvalue weighted by Crippen LogP contribution is -2.26. The van der Waals surface area contributed by atoms with E-state index in [4.69, 9.17) is 15.0 Å². The number of nitrogens with two attached hydrogens (primary N) is 1. The van der Waals surface area contributed by atoms with Crippen LogP contribution in [0.4, 0.5) is 0 Å². The number of aliphatic carboxylic acids is 1. The van der Waals surface area contributed by atoms with Crippen molar-refractivity contribution in [1.82, 2.24) is 0 Å². The maximum absolute atomic E-state index is 12.2. The zero-order chi connectivity index (χ0) is 17.7. The van der Waals surface area contributed by atoms with E-state index in [1.165, 1.54) is 24.3 Å². The topological polar surface area (TPSA) is 107 Å². The maximum atomic E-state index is 12.2. The van der Waals surface area contributed by atoms with Crippen LogP contribution in [0.5, 0.6) is 5.75 Å². The lowest BCUT2D eigenvalue weighted by Gasteiger charge is -2.10. The summed E-state index contributed by atoms with van der Waals surface area (Å²) in [7, 11) is -3.88. The molecule has 2 aromatic rings. The van der Waals surface area contributed by atoms with Crippen LogP contribution in [0.1, 0.15) is 17.5 Å². The van der Waals surface area contributed by atoms with Gasteiger partial charge in [0, 0.05) is 6.04 Å². The molecule has 0 aliphatic carbocycles. The van der Waals surface area contributed by atoms with Crippen LogP contribution >= 0.6 is 0 Å². The molecule has 0 saturated heterocycles. The van der Waals surface area contributed by atoms with Gasteiger partial charge < -0.3 is 15.0 Å². The van der Waals surface area contributed by atoms with Crippen molar-refractivity contribution < 1.29 is 22.5 Å². The van der Waals surface area contributed by atoms with Gasteiger partial charge in [0.15, 0.2) is 0 Å². The highest BCUT2D eigenvalue weighted by molar-refractivity contribution is 7.87. The molecule has 128 valence electrons. The van der Waals surface area contributed by atoms with E-state index in [0.29, 0.717) is 6.42 Å². The minimum atomic E-state index is -3.88. The van der Waals surface area contributed by atoms with Crippen LogP contribution < -0.4 is 9.92 Å². The number of benzene rings is 2. The second-order valence-electron chi connectivity index (χ2n) is 5.56. The molecule has 0 aliphatic rings. The lowest BCUT2D eigenvalue weighted by molar-refractivity contribution is -0.137. The van der Waals surface area contributed by atoms with E-state index < -0.39 is 22.1 Å². The number of carboxylic acids is 1. The number of carbonyl (C=O) groups is 1. The van der Waals surface area contributed by atoms with Gasteiger partial charge in [0.25, 0.3) is 0 Å². The Bertz CT molecular complexity index is 798. The van der Waals surface area contributed by atoms with E-state index in [1.807, 2.05) is 6.92 Å². The van der Waals surface area contributed by atoms with E-state index in [9.17, 15) is 13.2 Å². The maximum Gasteiger partial charge on any atom is 0.339 e. The molecule has 0 fully saturated rings. The second kappa shape index (κ2) is 7.46. The highest BCUT2D eigenvalue weighted by Crippen LogP contribution is 2.20. The van der Waals surface area contributed by atoms with Crippen molar-refractivity contribution in [2.24, 2.45) is 5.73 Å². The summed E-state index contributed by atoms with van der Waals surface area (Å²) in [5.74, 6) is -0.766. The summed E-state index contributed by atoms with van der Waals surface area (Å²) in [5, 5.41) is 8.69. The standard InChI is InChI=1S/C17H19NO5S/c1-12-2-8-16(9-3-12)24(21,22)23-15-6-4-13(5-7-15)10-14(18)11-17(19)20/h2-9,14H,10-11,18H2,1H3,(H,19,20). The first kappa shape index (κ1) is 18.0. The van der Waals surface area contributed by atoms with Gasteiger partial charge in [-0.2, -0.15) is 8.42 Å². The highest BCUT2D eigenvalue weighted by Gasteiger charge is 2.16. The van der Waals surface area contributed by atoms with E-state index in [-0.39, 0.29) is 17.1 Å². The number of hydrogen-bond acceptors (Lipinski definition) is 5. The fourth-order valence-electron chi connectivity index (χ4n) is 2.16. The Hall–Kier alpha value is -2.38. The van der Waals surface area contributed by atoms with Crippen LogP contribution in [-0.2, 0) is 21.3 Å². The molecule has 0 radical (unpaired) electrons. The molecule has 0 bridgehead atoms. The van der Waals surface area contributed by atoms with Crippen LogP contribution in [0.25, 0.3) is 0 Å². The third-order valence-corrected chi connectivity index (χ3v) is 4.64. The van der Waals surface area contributed by atoms with Gasteiger partial charge in [-0.25, -0.2) is 0 Å². The molecule has 1 atom stereocenters. The minimum Gasteiger partial charge on any atom is -0.481 e. The van der Waals surface area contributed by atoms with Gasteiger partial charge in [0.1, 0.15) is 10.6 Å². The van der Waals surface area contributed by atoms with E-state index >= 15 is 0 Å². The largest absolute Gasteiger partial charge is 0.481 e. The third kappa shape index (κ3) is 5.07. The van der Waals surface area contributed by atoms with Gasteiger partial charge in [-0.15, -0.1) is 0 Å². The number of hydrogen-bond donors (Lipinski definition) is 2. The van der Waals surface area contributed by atoms with Crippen molar-refractivity contribution in [2.45, 2.75) is 30.7 Å². The van der Waals surface area contributed by atoms with Crippen molar-refractivity contribution in [1.29, 1.82) is 0 Å². The average molecular weight is 349 g/mol. The molecule has 0 aromatic heterocycles. The van der Waals surface area contributed by atoms with Crippen molar-refractivity contribution >= 4 is 16.1 Å². The quantitative estimate of drug-likeness (QED) is 0.742. The van der Waals surface area contributed by atoms with Gasteiger partial charge in [-0.3, -0.25) is 4.79 Å². The summed E-state index contributed by atoms with van der Waals surface area (Å²) in [4.78, 5) is 10.7. The molecule has 0 amide bonds. The fraction of sp³-hybridized carbons (Fsp3) is 0.235. The molecule has 0 saturated carbocycles. The van der Waals surface area contributed by atoms with E-state index in [1.54, 1.807) is 24.3 Å². The summed E-state index contributed by atoms with van der Waals surface area (Å²) in [6.07, 6.45) is 0.261. The SMILES string of the molecule is Cc1ccc(S(=O)(=O)Oc2ccc(CC(N)CC(=O)O)cc2)cc1. The summed E-state index contributed by atoms with van der Waals surface area (Å²) in [5.41, 5.74) is 7.49. The molecule has 0 heterocycles. The zero-order valence-corrected chi connectivity index (χ0v) is 14.0. The first-order valence-electron chi connectivity index (χ1n) is 7.34. The molecule has 3 N–H and O–H groups in total. The van der Waals surface area contributed by atoms with Gasteiger partial charge in [-0.1, -0.05) is 29.8 Å². The van der Waals surface area contributed by atoms with Gasteiger partial charge in [-0.05, 0) is 43.2 Å². The fourth-order valence-corrected chi connectivity index (χ4v) is 3.09. The predicted molar refractivity (Wildman–Crippen MR) is 89.4 cm³/mol. The Morgan fingerprint density at radius 3 is 2.25 bits per heavy atom. The van der Waals surface area contributed by atoms with Gasteiger partial charge >= 0.3 is 16.1 Å². The molecular formula is C17H19NO5S. The van der Waals surface area contributed by atoms with Crippen LogP contribution in [0.15, 0.2) is 53.4 Å². The van der Waals surface area contributed by atoms with Crippen molar-refractivity contribution in [3.8, 4) is 5.75 Å². The average Bonchev–Trinajstić information content (AvgIpc) is 2.48. The summed E-state index contributed by atoms with van der Waals surface area (Å²) in [6, 6.07) is 12.3.